The third-order valence-corrected chi connectivity index (χ3v) is 5.52. The minimum Gasteiger partial charge on any atom is -0.374 e. The standard InChI is InChI=1S/C19H30N2/c1-14(2)17-6-4-5-7-18(17)20-13-15-8-9-19-16(12-15)10-11-21(19)3/h8-9,12,14,17-18,20H,4-7,10-11,13H2,1-3H3. The molecule has 1 N–H and O–H groups in total. The summed E-state index contributed by atoms with van der Waals surface area (Å²) in [7, 11) is 2.19. The summed E-state index contributed by atoms with van der Waals surface area (Å²) in [5.74, 6) is 1.66. The second kappa shape index (κ2) is 6.39. The molecule has 1 aromatic rings. The summed E-state index contributed by atoms with van der Waals surface area (Å²) in [6.45, 7) is 6.97. The van der Waals surface area contributed by atoms with Crippen LogP contribution in [0.3, 0.4) is 0 Å². The van der Waals surface area contributed by atoms with Crippen molar-refractivity contribution in [2.24, 2.45) is 11.8 Å². The van der Waals surface area contributed by atoms with Gasteiger partial charge in [-0.3, -0.25) is 0 Å². The van der Waals surface area contributed by atoms with E-state index < -0.39 is 0 Å². The van der Waals surface area contributed by atoms with Gasteiger partial charge in [-0.2, -0.15) is 0 Å². The zero-order valence-electron chi connectivity index (χ0n) is 13.9. The molecule has 1 saturated carbocycles. The summed E-state index contributed by atoms with van der Waals surface area (Å²) in [6.07, 6.45) is 6.79. The Kier molecular flexibility index (Phi) is 4.54. The third kappa shape index (κ3) is 3.26. The van der Waals surface area contributed by atoms with Gasteiger partial charge in [0.15, 0.2) is 0 Å². The average molecular weight is 286 g/mol. The number of hydrogen-bond donors (Lipinski definition) is 1. The van der Waals surface area contributed by atoms with E-state index in [4.69, 9.17) is 0 Å². The molecule has 2 aliphatic rings. The Morgan fingerprint density at radius 2 is 2.05 bits per heavy atom. The summed E-state index contributed by atoms with van der Waals surface area (Å²) in [5, 5.41) is 3.86. The average Bonchev–Trinajstić information content (AvgIpc) is 2.86. The van der Waals surface area contributed by atoms with Crippen LogP contribution >= 0.6 is 0 Å². The van der Waals surface area contributed by atoms with Crippen LogP contribution in [0, 0.1) is 11.8 Å². The number of nitrogens with zero attached hydrogens (tertiary/aromatic N) is 1. The monoisotopic (exact) mass is 286 g/mol. The van der Waals surface area contributed by atoms with Crippen LogP contribution in [0.5, 0.6) is 0 Å². The van der Waals surface area contributed by atoms with Gasteiger partial charge in [0.1, 0.15) is 0 Å². The quantitative estimate of drug-likeness (QED) is 0.900. The Morgan fingerprint density at radius 1 is 1.24 bits per heavy atom. The molecule has 0 amide bonds. The maximum absolute atomic E-state index is 3.86. The zero-order chi connectivity index (χ0) is 14.8. The fourth-order valence-electron chi connectivity index (χ4n) is 4.19. The molecule has 1 aliphatic heterocycles. The van der Waals surface area contributed by atoms with E-state index in [0.717, 1.165) is 24.4 Å². The van der Waals surface area contributed by atoms with E-state index in [1.165, 1.54) is 55.5 Å². The number of likely N-dealkylation sites (N-methyl/N-ethyl adjacent to an activating group) is 1. The van der Waals surface area contributed by atoms with Crippen molar-refractivity contribution in [3.63, 3.8) is 0 Å². The van der Waals surface area contributed by atoms with Crippen LogP contribution in [0.15, 0.2) is 18.2 Å². The molecule has 116 valence electrons. The maximum Gasteiger partial charge on any atom is 0.0397 e. The molecule has 0 aromatic heterocycles. The Labute approximate surface area is 129 Å². The molecule has 0 saturated heterocycles. The van der Waals surface area contributed by atoms with E-state index in [0.29, 0.717) is 0 Å². The van der Waals surface area contributed by atoms with Crippen molar-refractivity contribution in [1.29, 1.82) is 0 Å². The molecule has 1 heterocycles. The number of benzene rings is 1. The number of hydrogen-bond acceptors (Lipinski definition) is 2. The highest BCUT2D eigenvalue weighted by Crippen LogP contribution is 2.31. The van der Waals surface area contributed by atoms with Crippen LogP contribution in [-0.2, 0) is 13.0 Å². The van der Waals surface area contributed by atoms with Crippen molar-refractivity contribution in [1.82, 2.24) is 5.32 Å². The van der Waals surface area contributed by atoms with Crippen LogP contribution in [-0.4, -0.2) is 19.6 Å². The molecule has 1 fully saturated rings. The van der Waals surface area contributed by atoms with Gasteiger partial charge in [-0.15, -0.1) is 0 Å². The molecule has 0 bridgehead atoms. The maximum atomic E-state index is 3.86. The van der Waals surface area contributed by atoms with Gasteiger partial charge in [0.2, 0.25) is 0 Å². The van der Waals surface area contributed by atoms with Crippen LogP contribution in [0.2, 0.25) is 0 Å². The summed E-state index contributed by atoms with van der Waals surface area (Å²) in [5.41, 5.74) is 4.41. The lowest BCUT2D eigenvalue weighted by Crippen LogP contribution is -2.40. The number of anilines is 1. The lowest BCUT2D eigenvalue weighted by molar-refractivity contribution is 0.204. The molecule has 3 rings (SSSR count). The van der Waals surface area contributed by atoms with Crippen LogP contribution < -0.4 is 10.2 Å². The minimum absolute atomic E-state index is 0.717. The van der Waals surface area contributed by atoms with E-state index in [2.05, 4.69) is 49.3 Å². The summed E-state index contributed by atoms with van der Waals surface area (Å²) in [4.78, 5) is 2.36. The Balaban J connectivity index is 1.62. The normalized spacial score (nSPS) is 25.4. The van der Waals surface area contributed by atoms with Gasteiger partial charge in [0.05, 0.1) is 0 Å². The van der Waals surface area contributed by atoms with Crippen molar-refractivity contribution >= 4 is 5.69 Å². The van der Waals surface area contributed by atoms with Gasteiger partial charge in [-0.1, -0.05) is 38.8 Å². The Bertz CT molecular complexity index is 480. The molecule has 1 aliphatic carbocycles. The molecule has 2 unspecified atom stereocenters. The summed E-state index contributed by atoms with van der Waals surface area (Å²) in [6, 6.07) is 7.75. The molecule has 21 heavy (non-hydrogen) atoms. The predicted molar refractivity (Wildman–Crippen MR) is 90.8 cm³/mol. The van der Waals surface area contributed by atoms with Crippen molar-refractivity contribution in [2.45, 2.75) is 58.5 Å². The fourth-order valence-corrected chi connectivity index (χ4v) is 4.19. The topological polar surface area (TPSA) is 15.3 Å². The van der Waals surface area contributed by atoms with Crippen molar-refractivity contribution < 1.29 is 0 Å². The second-order valence-electron chi connectivity index (χ2n) is 7.31. The van der Waals surface area contributed by atoms with E-state index in [1.807, 2.05) is 0 Å². The first-order valence-corrected chi connectivity index (χ1v) is 8.71. The van der Waals surface area contributed by atoms with Crippen LogP contribution in [0.1, 0.15) is 50.7 Å². The minimum atomic E-state index is 0.717. The van der Waals surface area contributed by atoms with E-state index >= 15 is 0 Å². The number of nitrogens with one attached hydrogen (secondary N) is 1. The molecule has 2 nitrogen and oxygen atoms in total. The van der Waals surface area contributed by atoms with Gasteiger partial charge in [-0.05, 0) is 48.3 Å². The highest BCUT2D eigenvalue weighted by molar-refractivity contribution is 5.58. The first kappa shape index (κ1) is 14.9. The first-order valence-electron chi connectivity index (χ1n) is 8.71. The second-order valence-corrected chi connectivity index (χ2v) is 7.31. The van der Waals surface area contributed by atoms with Crippen molar-refractivity contribution in [3.05, 3.63) is 29.3 Å². The highest BCUT2D eigenvalue weighted by Gasteiger charge is 2.27. The number of fused-ring (bicyclic) bond motifs is 1. The molecular formula is C19H30N2. The first-order chi connectivity index (χ1) is 10.1. The molecular weight excluding hydrogens is 256 g/mol. The predicted octanol–water partition coefficient (Wildman–Crippen LogP) is 3.98. The fraction of sp³-hybridized carbons (Fsp3) is 0.684. The van der Waals surface area contributed by atoms with Crippen LogP contribution in [0.4, 0.5) is 5.69 Å². The van der Waals surface area contributed by atoms with E-state index in [9.17, 15) is 0 Å². The molecule has 0 radical (unpaired) electrons. The summed E-state index contributed by atoms with van der Waals surface area (Å²) >= 11 is 0. The smallest absolute Gasteiger partial charge is 0.0397 e. The molecule has 2 heteroatoms. The molecule has 2 atom stereocenters. The van der Waals surface area contributed by atoms with Gasteiger partial charge in [-0.25, -0.2) is 0 Å². The van der Waals surface area contributed by atoms with Gasteiger partial charge in [0.25, 0.3) is 0 Å². The third-order valence-electron chi connectivity index (χ3n) is 5.52. The van der Waals surface area contributed by atoms with Gasteiger partial charge in [0, 0.05) is 31.9 Å². The zero-order valence-corrected chi connectivity index (χ0v) is 13.9. The lowest BCUT2D eigenvalue weighted by atomic mass is 9.78. The van der Waals surface area contributed by atoms with Crippen molar-refractivity contribution in [2.75, 3.05) is 18.5 Å². The molecule has 1 aromatic carbocycles. The SMILES string of the molecule is CC(C)C1CCCCC1NCc1ccc2c(c1)CCN2C. The Hall–Kier alpha value is -1.02. The Morgan fingerprint density at radius 3 is 2.86 bits per heavy atom. The van der Waals surface area contributed by atoms with E-state index in [1.54, 1.807) is 0 Å². The van der Waals surface area contributed by atoms with Gasteiger partial charge < -0.3 is 10.2 Å². The summed E-state index contributed by atoms with van der Waals surface area (Å²) < 4.78 is 0. The van der Waals surface area contributed by atoms with E-state index in [-0.39, 0.29) is 0 Å². The number of rotatable bonds is 4. The van der Waals surface area contributed by atoms with Crippen LogP contribution in [0.25, 0.3) is 0 Å². The lowest BCUT2D eigenvalue weighted by Gasteiger charge is -2.35. The molecule has 0 spiro atoms. The van der Waals surface area contributed by atoms with Gasteiger partial charge >= 0.3 is 0 Å². The largest absolute Gasteiger partial charge is 0.374 e. The highest BCUT2D eigenvalue weighted by atomic mass is 15.1. The van der Waals surface area contributed by atoms with Crippen molar-refractivity contribution in [3.8, 4) is 0 Å².